The molecule has 2 aliphatic carbocycles. The molecule has 1 heterocycles. The van der Waals surface area contributed by atoms with Gasteiger partial charge in [-0.3, -0.25) is 0 Å². The van der Waals surface area contributed by atoms with E-state index in [-0.39, 0.29) is 0 Å². The number of nitrogens with one attached hydrogen (secondary N) is 2. The van der Waals surface area contributed by atoms with E-state index < -0.39 is 0 Å². The van der Waals surface area contributed by atoms with E-state index in [0.29, 0.717) is 6.04 Å². The van der Waals surface area contributed by atoms with E-state index in [1.807, 2.05) is 19.1 Å². The van der Waals surface area contributed by atoms with Crippen LogP contribution in [-0.2, 0) is 6.42 Å². The van der Waals surface area contributed by atoms with Crippen LogP contribution in [0.4, 0.5) is 0 Å². The highest BCUT2D eigenvalue weighted by Crippen LogP contribution is 2.36. The molecule has 0 aromatic carbocycles. The fraction of sp³-hybridized carbons (Fsp3) is 0.364. The first kappa shape index (κ1) is 17.6. The number of rotatable bonds is 7. The van der Waals surface area contributed by atoms with Crippen LogP contribution in [-0.4, -0.2) is 22.7 Å². The molecule has 0 spiro atoms. The molecule has 0 bridgehead atoms. The van der Waals surface area contributed by atoms with E-state index in [4.69, 9.17) is 5.11 Å². The zero-order valence-corrected chi connectivity index (χ0v) is 15.0. The van der Waals surface area contributed by atoms with Gasteiger partial charge in [0, 0.05) is 23.5 Å². The molecule has 0 saturated carbocycles. The summed E-state index contributed by atoms with van der Waals surface area (Å²) in [4.78, 5) is 3.31. The number of allylic oxidation sites excluding steroid dienone is 5. The Labute approximate surface area is 150 Å². The van der Waals surface area contributed by atoms with Crippen molar-refractivity contribution >= 4 is 12.2 Å². The molecule has 1 aromatic heterocycles. The number of aliphatic hydroxyl groups excluding tert-OH is 1. The summed E-state index contributed by atoms with van der Waals surface area (Å²) >= 11 is 0. The maximum Gasteiger partial charge on any atom is 0.0794 e. The average molecular weight is 336 g/mol. The highest BCUT2D eigenvalue weighted by molar-refractivity contribution is 5.65. The highest BCUT2D eigenvalue weighted by Gasteiger charge is 2.26. The zero-order chi connectivity index (χ0) is 17.6. The van der Waals surface area contributed by atoms with Gasteiger partial charge in [0.25, 0.3) is 0 Å². The van der Waals surface area contributed by atoms with Crippen molar-refractivity contribution < 1.29 is 5.11 Å². The van der Waals surface area contributed by atoms with E-state index in [1.54, 1.807) is 5.57 Å². The molecule has 1 unspecified atom stereocenters. The minimum Gasteiger partial charge on any atom is -0.516 e. The average Bonchev–Trinajstić information content (AvgIpc) is 3.20. The van der Waals surface area contributed by atoms with Gasteiger partial charge in [0.2, 0.25) is 0 Å². The second kappa shape index (κ2) is 8.21. The van der Waals surface area contributed by atoms with Crippen molar-refractivity contribution in [3.8, 4) is 0 Å². The second-order valence-electron chi connectivity index (χ2n) is 6.73. The van der Waals surface area contributed by atoms with E-state index in [2.05, 4.69) is 41.3 Å². The molecule has 25 heavy (non-hydrogen) atoms. The lowest BCUT2D eigenvalue weighted by Gasteiger charge is -2.20. The highest BCUT2D eigenvalue weighted by atomic mass is 16.2. The summed E-state index contributed by atoms with van der Waals surface area (Å²) in [6, 6.07) is 0.508. The quantitative estimate of drug-likeness (QED) is 0.609. The molecule has 132 valence electrons. The molecule has 1 aromatic rings. The lowest BCUT2D eigenvalue weighted by molar-refractivity contribution is 0.472. The predicted octanol–water partition coefficient (Wildman–Crippen LogP) is 5.07. The van der Waals surface area contributed by atoms with Crippen molar-refractivity contribution in [3.05, 3.63) is 70.8 Å². The van der Waals surface area contributed by atoms with Crippen LogP contribution in [0.2, 0.25) is 0 Å². The minimum atomic E-state index is 0.508. The molecule has 0 fully saturated rings. The van der Waals surface area contributed by atoms with E-state index in [0.717, 1.165) is 44.2 Å². The molecule has 3 rings (SSSR count). The summed E-state index contributed by atoms with van der Waals surface area (Å²) < 4.78 is 0. The standard InChI is InChI=1S/C22H28N2O/c1-3-5-19-18(15-24-21(19)4-2)10-12-23-22-9-7-17-14-16(11-13-25)6-8-20(17)22/h3-5,11,13-15,22-25H,2,6-10,12H2,1H3/b5-3-,13-11-. The first-order valence-electron chi connectivity index (χ1n) is 9.18. The topological polar surface area (TPSA) is 48.0 Å². The maximum absolute atomic E-state index is 8.95. The van der Waals surface area contributed by atoms with Gasteiger partial charge in [0.15, 0.2) is 0 Å². The molecule has 3 N–H and O–H groups in total. The van der Waals surface area contributed by atoms with Crippen LogP contribution in [0.3, 0.4) is 0 Å². The Hall–Kier alpha value is -2.26. The number of hydrogen-bond donors (Lipinski definition) is 3. The van der Waals surface area contributed by atoms with Crippen LogP contribution in [0.1, 0.15) is 49.4 Å². The van der Waals surface area contributed by atoms with Gasteiger partial charge in [0.1, 0.15) is 0 Å². The zero-order valence-electron chi connectivity index (χ0n) is 15.0. The summed E-state index contributed by atoms with van der Waals surface area (Å²) in [5, 5.41) is 12.7. The monoisotopic (exact) mass is 336 g/mol. The lowest BCUT2D eigenvalue weighted by atomic mass is 9.92. The van der Waals surface area contributed by atoms with Crippen molar-refractivity contribution in [1.29, 1.82) is 0 Å². The Morgan fingerprint density at radius 2 is 2.20 bits per heavy atom. The van der Waals surface area contributed by atoms with Gasteiger partial charge in [0.05, 0.1) is 6.26 Å². The summed E-state index contributed by atoms with van der Waals surface area (Å²) in [6.07, 6.45) is 18.9. The third kappa shape index (κ3) is 3.88. The van der Waals surface area contributed by atoms with Gasteiger partial charge >= 0.3 is 0 Å². The van der Waals surface area contributed by atoms with Gasteiger partial charge in [-0.05, 0) is 80.0 Å². The SMILES string of the molecule is C=Cc1[nH]cc(CCNC2CCC3=C2CCC(/C=C\O)=C3)c1/C=C\C. The summed E-state index contributed by atoms with van der Waals surface area (Å²) in [5.74, 6) is 0. The van der Waals surface area contributed by atoms with Crippen molar-refractivity contribution in [3.63, 3.8) is 0 Å². The van der Waals surface area contributed by atoms with Crippen molar-refractivity contribution in [2.45, 2.75) is 45.1 Å². The van der Waals surface area contributed by atoms with Crippen molar-refractivity contribution in [2.75, 3.05) is 6.54 Å². The maximum atomic E-state index is 8.95. The predicted molar refractivity (Wildman–Crippen MR) is 106 cm³/mol. The second-order valence-corrected chi connectivity index (χ2v) is 6.73. The number of aromatic nitrogens is 1. The van der Waals surface area contributed by atoms with Gasteiger partial charge in [-0.15, -0.1) is 0 Å². The molecule has 2 aliphatic rings. The van der Waals surface area contributed by atoms with E-state index >= 15 is 0 Å². The third-order valence-electron chi connectivity index (χ3n) is 5.23. The molecule has 1 atom stereocenters. The van der Waals surface area contributed by atoms with Gasteiger partial charge in [-0.2, -0.15) is 0 Å². The number of H-pyrrole nitrogens is 1. The Morgan fingerprint density at radius 1 is 1.32 bits per heavy atom. The van der Waals surface area contributed by atoms with Gasteiger partial charge in [-0.1, -0.05) is 24.8 Å². The Bertz CT molecular complexity index is 746. The molecule has 0 aliphatic heterocycles. The van der Waals surface area contributed by atoms with Crippen LogP contribution >= 0.6 is 0 Å². The summed E-state index contributed by atoms with van der Waals surface area (Å²) in [7, 11) is 0. The number of aliphatic hydroxyl groups is 1. The Balaban J connectivity index is 1.61. The third-order valence-corrected chi connectivity index (χ3v) is 5.23. The molecule has 0 saturated heterocycles. The summed E-state index contributed by atoms with van der Waals surface area (Å²) in [5.41, 5.74) is 7.98. The smallest absolute Gasteiger partial charge is 0.0794 e. The van der Waals surface area contributed by atoms with Crippen LogP contribution in [0.5, 0.6) is 0 Å². The van der Waals surface area contributed by atoms with Crippen molar-refractivity contribution in [2.24, 2.45) is 0 Å². The first-order chi connectivity index (χ1) is 12.3. The van der Waals surface area contributed by atoms with Crippen LogP contribution in [0.15, 0.2) is 54.0 Å². The van der Waals surface area contributed by atoms with Crippen molar-refractivity contribution in [1.82, 2.24) is 10.3 Å². The minimum absolute atomic E-state index is 0.508. The Kier molecular flexibility index (Phi) is 5.77. The molecule has 0 radical (unpaired) electrons. The molecule has 0 amide bonds. The fourth-order valence-electron chi connectivity index (χ4n) is 4.00. The van der Waals surface area contributed by atoms with Crippen LogP contribution in [0.25, 0.3) is 12.2 Å². The lowest BCUT2D eigenvalue weighted by Crippen LogP contribution is -2.31. The molecular weight excluding hydrogens is 308 g/mol. The summed E-state index contributed by atoms with van der Waals surface area (Å²) in [6.45, 7) is 6.91. The van der Waals surface area contributed by atoms with Crippen LogP contribution in [0, 0.1) is 0 Å². The van der Waals surface area contributed by atoms with E-state index in [1.165, 1.54) is 28.7 Å². The molecular formula is C22H28N2O. The van der Waals surface area contributed by atoms with E-state index in [9.17, 15) is 0 Å². The number of aromatic amines is 1. The van der Waals surface area contributed by atoms with Crippen LogP contribution < -0.4 is 5.32 Å². The fourth-order valence-corrected chi connectivity index (χ4v) is 4.00. The molecule has 3 nitrogen and oxygen atoms in total. The normalized spacial score (nSPS) is 20.5. The first-order valence-corrected chi connectivity index (χ1v) is 9.18. The Morgan fingerprint density at radius 3 is 2.96 bits per heavy atom. The largest absolute Gasteiger partial charge is 0.516 e. The number of hydrogen-bond acceptors (Lipinski definition) is 2. The van der Waals surface area contributed by atoms with Gasteiger partial charge in [-0.25, -0.2) is 0 Å². The van der Waals surface area contributed by atoms with Gasteiger partial charge < -0.3 is 15.4 Å². The molecule has 3 heteroatoms.